The van der Waals surface area contributed by atoms with Crippen molar-refractivity contribution in [1.29, 1.82) is 0 Å². The highest BCUT2D eigenvalue weighted by Gasteiger charge is 2.14. The molecule has 6 nitrogen and oxygen atoms in total. The second-order valence-electron chi connectivity index (χ2n) is 5.23. The molecule has 0 aliphatic heterocycles. The number of carbonyl (C=O) groups excluding carboxylic acids is 1. The summed E-state index contributed by atoms with van der Waals surface area (Å²) in [7, 11) is 0. The lowest BCUT2D eigenvalue weighted by Crippen LogP contribution is -2.40. The number of rotatable bonds is 8. The minimum atomic E-state index is -0.415. The number of hydrogen-bond acceptors (Lipinski definition) is 3. The number of nitrogens with one attached hydrogen (secondary N) is 2. The first-order chi connectivity index (χ1) is 9.35. The van der Waals surface area contributed by atoms with E-state index in [1.807, 2.05) is 6.92 Å². The number of aliphatic imine (C=N–C) groups is 1. The average Bonchev–Trinajstić information content (AvgIpc) is 2.33. The van der Waals surface area contributed by atoms with Gasteiger partial charge in [-0.1, -0.05) is 26.0 Å². The molecular formula is C14H29IN4O2. The van der Waals surface area contributed by atoms with E-state index < -0.39 is 6.09 Å². The molecule has 0 bridgehead atoms. The van der Waals surface area contributed by atoms with Crippen LogP contribution in [0.5, 0.6) is 0 Å². The van der Waals surface area contributed by atoms with Crippen molar-refractivity contribution < 1.29 is 9.53 Å². The van der Waals surface area contributed by atoms with E-state index in [-0.39, 0.29) is 30.0 Å². The third-order valence-corrected chi connectivity index (χ3v) is 2.41. The number of nitrogens with two attached hydrogens (primary N) is 1. The van der Waals surface area contributed by atoms with E-state index in [9.17, 15) is 4.79 Å². The van der Waals surface area contributed by atoms with Crippen molar-refractivity contribution in [1.82, 2.24) is 10.6 Å². The van der Waals surface area contributed by atoms with Crippen LogP contribution in [0, 0.1) is 5.92 Å². The average molecular weight is 412 g/mol. The highest BCUT2D eigenvalue weighted by Crippen LogP contribution is 2.05. The van der Waals surface area contributed by atoms with Crippen LogP contribution in [-0.4, -0.2) is 37.8 Å². The Balaban J connectivity index is 0. The third kappa shape index (κ3) is 13.7. The number of nitrogens with zero attached hydrogens (tertiary/aromatic N) is 1. The van der Waals surface area contributed by atoms with Gasteiger partial charge in [-0.05, 0) is 26.2 Å². The molecule has 0 aromatic rings. The zero-order chi connectivity index (χ0) is 15.5. The standard InChI is InChI=1S/C14H28N4O2.HI/c1-6-20-14(19)18-12(7-10(2)3)9-17-13(15)16-8-11(4)5;/h10,12H,4,6-9H2,1-3,5H3,(H,18,19)(H3,15,16,17);1H. The molecule has 0 saturated carbocycles. The van der Waals surface area contributed by atoms with Crippen LogP contribution in [0.4, 0.5) is 4.79 Å². The van der Waals surface area contributed by atoms with Gasteiger partial charge in [0.15, 0.2) is 5.96 Å². The predicted molar refractivity (Wildman–Crippen MR) is 98.1 cm³/mol. The van der Waals surface area contributed by atoms with Crippen LogP contribution in [0.2, 0.25) is 0 Å². The van der Waals surface area contributed by atoms with Gasteiger partial charge in [-0.3, -0.25) is 4.99 Å². The number of halogens is 1. The van der Waals surface area contributed by atoms with E-state index in [0.29, 0.717) is 31.6 Å². The summed E-state index contributed by atoms with van der Waals surface area (Å²) in [5.74, 6) is 0.800. The molecule has 0 aliphatic rings. The van der Waals surface area contributed by atoms with Gasteiger partial charge >= 0.3 is 6.09 Å². The van der Waals surface area contributed by atoms with Crippen molar-refractivity contribution >= 4 is 36.0 Å². The van der Waals surface area contributed by atoms with Crippen molar-refractivity contribution in [3.05, 3.63) is 12.2 Å². The Morgan fingerprint density at radius 1 is 1.43 bits per heavy atom. The largest absolute Gasteiger partial charge is 0.450 e. The van der Waals surface area contributed by atoms with Gasteiger partial charge in [-0.15, -0.1) is 24.0 Å². The second kappa shape index (κ2) is 12.7. The van der Waals surface area contributed by atoms with Crippen LogP contribution in [0.3, 0.4) is 0 Å². The van der Waals surface area contributed by atoms with Crippen LogP contribution < -0.4 is 16.4 Å². The SMILES string of the molecule is C=C(C)CNC(N)=NCC(CC(C)C)NC(=O)OCC.I. The monoisotopic (exact) mass is 412 g/mol. The zero-order valence-electron chi connectivity index (χ0n) is 13.4. The molecule has 4 N–H and O–H groups in total. The van der Waals surface area contributed by atoms with Gasteiger partial charge in [0.05, 0.1) is 19.2 Å². The van der Waals surface area contributed by atoms with Crippen molar-refractivity contribution in [2.45, 2.75) is 40.2 Å². The van der Waals surface area contributed by atoms with Gasteiger partial charge in [-0.25, -0.2) is 4.79 Å². The van der Waals surface area contributed by atoms with E-state index in [1.165, 1.54) is 0 Å². The Bertz CT molecular complexity index is 346. The summed E-state index contributed by atoms with van der Waals surface area (Å²) in [4.78, 5) is 15.7. The summed E-state index contributed by atoms with van der Waals surface area (Å²) in [6.07, 6.45) is 0.401. The molecule has 0 saturated heterocycles. The Kier molecular flexibility index (Phi) is 13.5. The zero-order valence-corrected chi connectivity index (χ0v) is 15.8. The highest BCUT2D eigenvalue weighted by atomic mass is 127. The van der Waals surface area contributed by atoms with Crippen LogP contribution in [0.25, 0.3) is 0 Å². The maximum absolute atomic E-state index is 11.5. The normalized spacial score (nSPS) is 12.3. The number of amides is 1. The van der Waals surface area contributed by atoms with Gasteiger partial charge in [0.25, 0.3) is 0 Å². The van der Waals surface area contributed by atoms with E-state index in [0.717, 1.165) is 12.0 Å². The van der Waals surface area contributed by atoms with Gasteiger partial charge in [-0.2, -0.15) is 0 Å². The second-order valence-corrected chi connectivity index (χ2v) is 5.23. The van der Waals surface area contributed by atoms with Gasteiger partial charge < -0.3 is 21.1 Å². The van der Waals surface area contributed by atoms with Crippen molar-refractivity contribution in [3.63, 3.8) is 0 Å². The quantitative estimate of drug-likeness (QED) is 0.247. The first-order valence-corrected chi connectivity index (χ1v) is 6.96. The van der Waals surface area contributed by atoms with Crippen LogP contribution in [0.15, 0.2) is 17.1 Å². The molecule has 0 heterocycles. The smallest absolute Gasteiger partial charge is 0.407 e. The number of guanidine groups is 1. The molecule has 0 fully saturated rings. The first-order valence-electron chi connectivity index (χ1n) is 6.96. The summed E-state index contributed by atoms with van der Waals surface area (Å²) in [6, 6.07) is -0.0840. The molecular weight excluding hydrogens is 383 g/mol. The maximum Gasteiger partial charge on any atom is 0.407 e. The number of ether oxygens (including phenoxy) is 1. The molecule has 0 aromatic carbocycles. The molecule has 21 heavy (non-hydrogen) atoms. The lowest BCUT2D eigenvalue weighted by atomic mass is 10.0. The molecule has 0 aliphatic carbocycles. The van der Waals surface area contributed by atoms with Crippen molar-refractivity contribution in [3.8, 4) is 0 Å². The molecule has 124 valence electrons. The maximum atomic E-state index is 11.5. The molecule has 0 aromatic heterocycles. The van der Waals surface area contributed by atoms with Crippen molar-refractivity contribution in [2.75, 3.05) is 19.7 Å². The van der Waals surface area contributed by atoms with Crippen LogP contribution in [-0.2, 0) is 4.74 Å². The fourth-order valence-corrected chi connectivity index (χ4v) is 1.59. The molecule has 7 heteroatoms. The predicted octanol–water partition coefficient (Wildman–Crippen LogP) is 2.25. The molecule has 1 amide bonds. The van der Waals surface area contributed by atoms with E-state index >= 15 is 0 Å². The third-order valence-electron chi connectivity index (χ3n) is 2.41. The van der Waals surface area contributed by atoms with Gasteiger partial charge in [0, 0.05) is 6.54 Å². The molecule has 0 spiro atoms. The minimum absolute atomic E-state index is 0. The number of carbonyl (C=O) groups is 1. The van der Waals surface area contributed by atoms with Gasteiger partial charge in [0.1, 0.15) is 0 Å². The summed E-state index contributed by atoms with van der Waals surface area (Å²) in [6.45, 7) is 13.0. The van der Waals surface area contributed by atoms with Crippen LogP contribution in [0.1, 0.15) is 34.1 Å². The summed E-state index contributed by atoms with van der Waals surface area (Å²) >= 11 is 0. The topological polar surface area (TPSA) is 88.7 Å². The highest BCUT2D eigenvalue weighted by molar-refractivity contribution is 14.0. The summed E-state index contributed by atoms with van der Waals surface area (Å²) in [5.41, 5.74) is 6.72. The first kappa shape index (κ1) is 22.3. The summed E-state index contributed by atoms with van der Waals surface area (Å²) < 4.78 is 4.88. The number of hydrogen-bond donors (Lipinski definition) is 3. The fourth-order valence-electron chi connectivity index (χ4n) is 1.59. The Labute approximate surface area is 145 Å². The molecule has 0 rings (SSSR count). The fraction of sp³-hybridized carbons (Fsp3) is 0.714. The molecule has 0 radical (unpaired) electrons. The van der Waals surface area contributed by atoms with Crippen LogP contribution >= 0.6 is 24.0 Å². The molecule has 1 unspecified atom stereocenters. The Hall–Kier alpha value is -0.990. The lowest BCUT2D eigenvalue weighted by Gasteiger charge is -2.18. The van der Waals surface area contributed by atoms with E-state index in [2.05, 4.69) is 36.1 Å². The summed E-state index contributed by atoms with van der Waals surface area (Å²) in [5, 5.41) is 5.75. The molecule has 1 atom stereocenters. The minimum Gasteiger partial charge on any atom is -0.450 e. The Morgan fingerprint density at radius 3 is 2.52 bits per heavy atom. The van der Waals surface area contributed by atoms with Crippen molar-refractivity contribution in [2.24, 2.45) is 16.6 Å². The lowest BCUT2D eigenvalue weighted by molar-refractivity contribution is 0.147. The van der Waals surface area contributed by atoms with E-state index in [1.54, 1.807) is 6.92 Å². The Morgan fingerprint density at radius 2 is 2.05 bits per heavy atom. The van der Waals surface area contributed by atoms with E-state index in [4.69, 9.17) is 10.5 Å². The van der Waals surface area contributed by atoms with Gasteiger partial charge in [0.2, 0.25) is 0 Å². The number of alkyl carbamates (subject to hydrolysis) is 1.